The largest absolute Gasteiger partial charge is 0.489 e. The Kier molecular flexibility index (Phi) is 6.35. The van der Waals surface area contributed by atoms with Gasteiger partial charge in [0.2, 0.25) is 5.95 Å². The van der Waals surface area contributed by atoms with Gasteiger partial charge in [-0.3, -0.25) is 0 Å². The van der Waals surface area contributed by atoms with Gasteiger partial charge in [-0.1, -0.05) is 36.4 Å². The van der Waals surface area contributed by atoms with Gasteiger partial charge in [-0.2, -0.15) is 4.98 Å². The monoisotopic (exact) mass is 492 g/mol. The number of piperidine rings is 1. The van der Waals surface area contributed by atoms with Crippen molar-refractivity contribution in [3.8, 4) is 17.0 Å². The highest BCUT2D eigenvalue weighted by Crippen LogP contribution is 2.28. The Bertz CT molecular complexity index is 1480. The fourth-order valence-electron chi connectivity index (χ4n) is 4.47. The first-order chi connectivity index (χ1) is 18.2. The fourth-order valence-corrected chi connectivity index (χ4v) is 4.47. The number of aromatic amines is 1. The summed E-state index contributed by atoms with van der Waals surface area (Å²) in [6.07, 6.45) is 5.44. The van der Waals surface area contributed by atoms with E-state index < -0.39 is 0 Å². The van der Waals surface area contributed by atoms with E-state index in [-0.39, 0.29) is 6.04 Å². The Balaban J connectivity index is 1.22. The molecule has 1 fully saturated rings. The van der Waals surface area contributed by atoms with Gasteiger partial charge in [-0.15, -0.1) is 0 Å². The lowest BCUT2D eigenvalue weighted by atomic mass is 10.1. The summed E-state index contributed by atoms with van der Waals surface area (Å²) in [4.78, 5) is 24.0. The van der Waals surface area contributed by atoms with E-state index in [1.54, 1.807) is 6.33 Å². The van der Waals surface area contributed by atoms with Crippen LogP contribution >= 0.6 is 0 Å². The molecule has 1 aliphatic rings. The fraction of sp³-hybridized carbons (Fsp3) is 0.214. The summed E-state index contributed by atoms with van der Waals surface area (Å²) < 4.78 is 5.97. The number of anilines is 3. The normalized spacial score (nSPS) is 14.1. The Morgan fingerprint density at radius 3 is 2.65 bits per heavy atom. The third-order valence-corrected chi connectivity index (χ3v) is 6.50. The highest BCUT2D eigenvalue weighted by Gasteiger charge is 2.18. The molecule has 186 valence electrons. The molecule has 0 atom stereocenters. The van der Waals surface area contributed by atoms with Crippen LogP contribution in [0.2, 0.25) is 0 Å². The van der Waals surface area contributed by atoms with E-state index in [1.807, 2.05) is 72.9 Å². The van der Waals surface area contributed by atoms with Crippen molar-refractivity contribution >= 4 is 28.6 Å². The number of rotatable bonds is 7. The first-order valence-corrected chi connectivity index (χ1v) is 12.4. The van der Waals surface area contributed by atoms with Gasteiger partial charge < -0.3 is 25.7 Å². The zero-order chi connectivity index (χ0) is 25.0. The molecule has 6 rings (SSSR count). The van der Waals surface area contributed by atoms with Crippen LogP contribution in [-0.2, 0) is 6.61 Å². The minimum Gasteiger partial charge on any atom is -0.489 e. The number of hydrogen-bond donors (Lipinski definition) is 3. The SMILES string of the molecule is NC1CCN(c2ccc(-c3nc(Nc4cccc(OCc5ccccc5)c4)nc4[nH]cnc34)cn2)CC1. The number of imidazole rings is 1. The lowest BCUT2D eigenvalue weighted by Crippen LogP contribution is -2.40. The van der Waals surface area contributed by atoms with Crippen molar-refractivity contribution in [1.82, 2.24) is 24.9 Å². The molecule has 4 N–H and O–H groups in total. The summed E-state index contributed by atoms with van der Waals surface area (Å²) >= 11 is 0. The molecule has 0 amide bonds. The predicted octanol–water partition coefficient (Wildman–Crippen LogP) is 4.67. The molecule has 9 nitrogen and oxygen atoms in total. The van der Waals surface area contributed by atoms with Gasteiger partial charge in [0.15, 0.2) is 5.65 Å². The second-order valence-electron chi connectivity index (χ2n) is 9.15. The minimum absolute atomic E-state index is 0.284. The average Bonchev–Trinajstić information content (AvgIpc) is 3.42. The van der Waals surface area contributed by atoms with Crippen molar-refractivity contribution in [3.63, 3.8) is 0 Å². The highest BCUT2D eigenvalue weighted by atomic mass is 16.5. The molecule has 3 aromatic heterocycles. The maximum atomic E-state index is 6.05. The Hall–Kier alpha value is -4.50. The van der Waals surface area contributed by atoms with E-state index in [0.717, 1.165) is 54.3 Å². The molecule has 0 radical (unpaired) electrons. The molecule has 0 spiro atoms. The molecule has 0 saturated carbocycles. The van der Waals surface area contributed by atoms with Gasteiger partial charge in [0.25, 0.3) is 0 Å². The molecule has 0 unspecified atom stereocenters. The lowest BCUT2D eigenvalue weighted by molar-refractivity contribution is 0.306. The van der Waals surface area contributed by atoms with Crippen LogP contribution in [0.4, 0.5) is 17.5 Å². The topological polar surface area (TPSA) is 118 Å². The summed E-state index contributed by atoms with van der Waals surface area (Å²) in [7, 11) is 0. The lowest BCUT2D eigenvalue weighted by Gasteiger charge is -2.31. The molecule has 2 aromatic carbocycles. The van der Waals surface area contributed by atoms with E-state index in [1.165, 1.54) is 0 Å². The van der Waals surface area contributed by atoms with Crippen molar-refractivity contribution in [2.75, 3.05) is 23.3 Å². The third-order valence-electron chi connectivity index (χ3n) is 6.50. The number of aromatic nitrogens is 5. The molecule has 0 aliphatic carbocycles. The zero-order valence-corrected chi connectivity index (χ0v) is 20.3. The number of fused-ring (bicyclic) bond motifs is 1. The Morgan fingerprint density at radius 2 is 1.84 bits per heavy atom. The van der Waals surface area contributed by atoms with Gasteiger partial charge in [-0.05, 0) is 42.7 Å². The minimum atomic E-state index is 0.284. The number of hydrogen-bond acceptors (Lipinski definition) is 8. The van der Waals surface area contributed by atoms with Crippen LogP contribution in [-0.4, -0.2) is 44.1 Å². The third kappa shape index (κ3) is 5.22. The second-order valence-corrected chi connectivity index (χ2v) is 9.15. The summed E-state index contributed by atoms with van der Waals surface area (Å²) in [5.41, 5.74) is 10.9. The number of nitrogens with two attached hydrogens (primary N) is 1. The van der Waals surface area contributed by atoms with Gasteiger partial charge in [0, 0.05) is 42.6 Å². The number of benzene rings is 2. The van der Waals surface area contributed by atoms with Crippen molar-refractivity contribution in [2.24, 2.45) is 5.73 Å². The van der Waals surface area contributed by atoms with Gasteiger partial charge >= 0.3 is 0 Å². The molecular weight excluding hydrogens is 464 g/mol. The van der Waals surface area contributed by atoms with Gasteiger partial charge in [0.1, 0.15) is 29.4 Å². The average molecular weight is 493 g/mol. The quantitative estimate of drug-likeness (QED) is 0.300. The van der Waals surface area contributed by atoms with Crippen molar-refractivity contribution in [1.29, 1.82) is 0 Å². The number of nitrogens with one attached hydrogen (secondary N) is 2. The van der Waals surface area contributed by atoms with E-state index in [0.29, 0.717) is 29.4 Å². The Morgan fingerprint density at radius 1 is 0.973 bits per heavy atom. The van der Waals surface area contributed by atoms with Crippen LogP contribution in [0.5, 0.6) is 5.75 Å². The molecular formula is C28H28N8O. The van der Waals surface area contributed by atoms with E-state index in [2.05, 4.69) is 25.2 Å². The number of nitrogens with zero attached hydrogens (tertiary/aromatic N) is 5. The van der Waals surface area contributed by atoms with Crippen LogP contribution in [0.3, 0.4) is 0 Å². The molecule has 37 heavy (non-hydrogen) atoms. The second kappa shape index (κ2) is 10.2. The van der Waals surface area contributed by atoms with Crippen LogP contribution in [0.15, 0.2) is 79.3 Å². The summed E-state index contributed by atoms with van der Waals surface area (Å²) in [6, 6.07) is 22.2. The van der Waals surface area contributed by atoms with Crippen molar-refractivity contribution < 1.29 is 4.74 Å². The maximum absolute atomic E-state index is 6.05. The van der Waals surface area contributed by atoms with Crippen LogP contribution in [0, 0.1) is 0 Å². The first-order valence-electron chi connectivity index (χ1n) is 12.4. The first kappa shape index (κ1) is 22.9. The van der Waals surface area contributed by atoms with Crippen molar-refractivity contribution in [3.05, 3.63) is 84.8 Å². The van der Waals surface area contributed by atoms with Crippen LogP contribution < -0.4 is 20.7 Å². The van der Waals surface area contributed by atoms with E-state index >= 15 is 0 Å². The highest BCUT2D eigenvalue weighted by molar-refractivity contribution is 5.88. The van der Waals surface area contributed by atoms with Gasteiger partial charge in [0.05, 0.1) is 6.33 Å². The van der Waals surface area contributed by atoms with Crippen LogP contribution in [0.1, 0.15) is 18.4 Å². The Labute approximate surface area is 214 Å². The molecule has 5 aromatic rings. The van der Waals surface area contributed by atoms with E-state index in [9.17, 15) is 0 Å². The predicted molar refractivity (Wildman–Crippen MR) is 145 cm³/mol. The van der Waals surface area contributed by atoms with Gasteiger partial charge in [-0.25, -0.2) is 15.0 Å². The smallest absolute Gasteiger partial charge is 0.229 e. The summed E-state index contributed by atoms with van der Waals surface area (Å²) in [5, 5.41) is 3.31. The summed E-state index contributed by atoms with van der Waals surface area (Å²) in [6.45, 7) is 2.35. The molecule has 0 bridgehead atoms. The number of ether oxygens (including phenoxy) is 1. The molecule has 1 aliphatic heterocycles. The molecule has 4 heterocycles. The van der Waals surface area contributed by atoms with E-state index in [4.69, 9.17) is 20.4 Å². The van der Waals surface area contributed by atoms with Crippen LogP contribution in [0.25, 0.3) is 22.4 Å². The molecule has 1 saturated heterocycles. The number of pyridine rings is 1. The van der Waals surface area contributed by atoms with Crippen molar-refractivity contribution in [2.45, 2.75) is 25.5 Å². The number of H-pyrrole nitrogens is 1. The zero-order valence-electron chi connectivity index (χ0n) is 20.3. The standard InChI is InChI=1S/C28H28N8O/c29-21-11-13-36(14-12-21)24-10-9-20(16-30-24)25-26-27(32-18-31-26)35-28(34-25)33-22-7-4-8-23(15-22)37-17-19-5-2-1-3-6-19/h1-10,15-16,18,21H,11-14,17,29H2,(H2,31,32,33,34,35). The summed E-state index contributed by atoms with van der Waals surface area (Å²) in [5.74, 6) is 2.17. The maximum Gasteiger partial charge on any atom is 0.229 e. The molecule has 9 heteroatoms.